The first-order valence-corrected chi connectivity index (χ1v) is 10.5. The molecule has 0 spiro atoms. The molecule has 0 aliphatic heterocycles. The molecule has 0 fully saturated rings. The van der Waals surface area contributed by atoms with E-state index in [1.807, 2.05) is 84.3 Å². The predicted molar refractivity (Wildman–Crippen MR) is 118 cm³/mol. The van der Waals surface area contributed by atoms with Gasteiger partial charge in [-0.1, -0.05) is 65.8 Å². The van der Waals surface area contributed by atoms with Gasteiger partial charge in [0.2, 0.25) is 0 Å². The molecule has 0 saturated heterocycles. The fraction of sp³-hybridized carbons (Fsp3) is 0.0870. The number of halogens is 1. The van der Waals surface area contributed by atoms with Crippen molar-refractivity contribution in [3.8, 4) is 17.1 Å². The lowest BCUT2D eigenvalue weighted by atomic mass is 10.2. The lowest BCUT2D eigenvalue weighted by Gasteiger charge is -2.11. The lowest BCUT2D eigenvalue weighted by Crippen LogP contribution is -2.05. The van der Waals surface area contributed by atoms with Crippen LogP contribution in [-0.2, 0) is 0 Å². The van der Waals surface area contributed by atoms with Crippen LogP contribution >= 0.6 is 23.4 Å². The number of aromatic nitrogens is 3. The van der Waals surface area contributed by atoms with Crippen LogP contribution in [0, 0.1) is 6.92 Å². The molecule has 0 aliphatic carbocycles. The quantitative estimate of drug-likeness (QED) is 0.289. The van der Waals surface area contributed by atoms with Crippen LogP contribution in [0.15, 0.2) is 84.0 Å². The van der Waals surface area contributed by atoms with Crippen LogP contribution in [0.25, 0.3) is 17.1 Å². The Bertz CT molecular complexity index is 1140. The highest BCUT2D eigenvalue weighted by Gasteiger charge is 2.18. The summed E-state index contributed by atoms with van der Waals surface area (Å²) in [6, 6.07) is 24.9. The number of hydrogen-bond donors (Lipinski definition) is 0. The molecular formula is C23H18ClN3OS. The van der Waals surface area contributed by atoms with Gasteiger partial charge in [0.1, 0.15) is 0 Å². The highest BCUT2D eigenvalue weighted by atomic mass is 35.5. The van der Waals surface area contributed by atoms with Crippen LogP contribution in [0.5, 0.6) is 0 Å². The number of hydrogen-bond acceptors (Lipinski definition) is 4. The van der Waals surface area contributed by atoms with E-state index in [4.69, 9.17) is 11.6 Å². The molecule has 1 aromatic heterocycles. The van der Waals surface area contributed by atoms with Crippen molar-refractivity contribution in [3.63, 3.8) is 0 Å². The summed E-state index contributed by atoms with van der Waals surface area (Å²) >= 11 is 7.42. The number of carbonyl (C=O) groups excluding carboxylic acids is 1. The summed E-state index contributed by atoms with van der Waals surface area (Å²) in [5.41, 5.74) is 3.69. The van der Waals surface area contributed by atoms with Gasteiger partial charge in [0.05, 0.1) is 5.75 Å². The van der Waals surface area contributed by atoms with E-state index in [0.29, 0.717) is 21.6 Å². The number of ketones is 1. The SMILES string of the molecule is Cc1cccc(-n2c(SCC(=O)c3ccccc3)nnc2-c2ccc(Cl)cc2)c1. The zero-order valence-corrected chi connectivity index (χ0v) is 17.3. The Morgan fingerprint density at radius 2 is 1.72 bits per heavy atom. The van der Waals surface area contributed by atoms with Gasteiger partial charge < -0.3 is 0 Å². The van der Waals surface area contributed by atoms with E-state index in [1.54, 1.807) is 0 Å². The van der Waals surface area contributed by atoms with Gasteiger partial charge in [0, 0.05) is 21.8 Å². The average Bonchev–Trinajstić information content (AvgIpc) is 3.17. The Kier molecular flexibility index (Phi) is 5.79. The van der Waals surface area contributed by atoms with Crippen molar-refractivity contribution < 1.29 is 4.79 Å². The summed E-state index contributed by atoms with van der Waals surface area (Å²) in [6.45, 7) is 2.04. The minimum atomic E-state index is 0.0578. The highest BCUT2D eigenvalue weighted by molar-refractivity contribution is 7.99. The van der Waals surface area contributed by atoms with Gasteiger partial charge in [0.15, 0.2) is 16.8 Å². The summed E-state index contributed by atoms with van der Waals surface area (Å²) in [4.78, 5) is 12.5. The van der Waals surface area contributed by atoms with Crippen molar-refractivity contribution in [1.29, 1.82) is 0 Å². The topological polar surface area (TPSA) is 47.8 Å². The molecule has 1 heterocycles. The molecular weight excluding hydrogens is 402 g/mol. The van der Waals surface area contributed by atoms with Crippen LogP contribution in [0.3, 0.4) is 0 Å². The third-order valence-corrected chi connectivity index (χ3v) is 5.60. The molecule has 4 nitrogen and oxygen atoms in total. The van der Waals surface area contributed by atoms with Gasteiger partial charge in [-0.25, -0.2) is 0 Å². The monoisotopic (exact) mass is 419 g/mol. The Morgan fingerprint density at radius 1 is 0.966 bits per heavy atom. The molecule has 4 aromatic rings. The zero-order chi connectivity index (χ0) is 20.2. The van der Waals surface area contributed by atoms with Gasteiger partial charge in [-0.05, 0) is 48.9 Å². The first-order chi connectivity index (χ1) is 14.1. The van der Waals surface area contributed by atoms with Crippen LogP contribution in [-0.4, -0.2) is 26.3 Å². The molecule has 0 amide bonds. The van der Waals surface area contributed by atoms with E-state index in [-0.39, 0.29) is 11.5 Å². The van der Waals surface area contributed by atoms with Crippen LogP contribution in [0.4, 0.5) is 0 Å². The summed E-state index contributed by atoms with van der Waals surface area (Å²) in [6.07, 6.45) is 0. The van der Waals surface area contributed by atoms with E-state index in [2.05, 4.69) is 16.3 Å². The first kappa shape index (κ1) is 19.4. The normalized spacial score (nSPS) is 10.8. The summed E-state index contributed by atoms with van der Waals surface area (Å²) < 4.78 is 1.99. The fourth-order valence-corrected chi connectivity index (χ4v) is 3.96. The number of Topliss-reactive ketones (excluding diaryl/α,β-unsaturated/α-hetero) is 1. The largest absolute Gasteiger partial charge is 0.293 e. The van der Waals surface area contributed by atoms with Gasteiger partial charge >= 0.3 is 0 Å². The van der Waals surface area contributed by atoms with Crippen molar-refractivity contribution >= 4 is 29.1 Å². The third kappa shape index (κ3) is 4.42. The molecule has 0 unspecified atom stereocenters. The standard InChI is InChI=1S/C23H18ClN3OS/c1-16-6-5-9-20(14-16)27-22(18-10-12-19(24)13-11-18)25-26-23(27)29-15-21(28)17-7-3-2-4-8-17/h2-14H,15H2,1H3. The van der Waals surface area contributed by atoms with E-state index in [9.17, 15) is 4.79 Å². The number of aryl methyl sites for hydroxylation is 1. The molecule has 6 heteroatoms. The van der Waals surface area contributed by atoms with Crippen LogP contribution < -0.4 is 0 Å². The summed E-state index contributed by atoms with van der Waals surface area (Å²) in [5.74, 6) is 1.05. The van der Waals surface area contributed by atoms with Crippen molar-refractivity contribution in [2.75, 3.05) is 5.75 Å². The van der Waals surface area contributed by atoms with E-state index in [1.165, 1.54) is 11.8 Å². The molecule has 0 aliphatic rings. The van der Waals surface area contributed by atoms with Crippen molar-refractivity contribution in [1.82, 2.24) is 14.8 Å². The van der Waals surface area contributed by atoms with Crippen molar-refractivity contribution in [3.05, 3.63) is 95.0 Å². The summed E-state index contributed by atoms with van der Waals surface area (Å²) in [5, 5.41) is 10.1. The second-order valence-electron chi connectivity index (χ2n) is 6.57. The lowest BCUT2D eigenvalue weighted by molar-refractivity contribution is 0.102. The number of thioether (sulfide) groups is 1. The number of nitrogens with zero attached hydrogens (tertiary/aromatic N) is 3. The third-order valence-electron chi connectivity index (χ3n) is 4.42. The van der Waals surface area contributed by atoms with Gasteiger partial charge in [-0.15, -0.1) is 10.2 Å². The maximum absolute atomic E-state index is 12.5. The Morgan fingerprint density at radius 3 is 2.45 bits per heavy atom. The second kappa shape index (κ2) is 8.64. The number of carbonyl (C=O) groups is 1. The fourth-order valence-electron chi connectivity index (χ4n) is 2.99. The van der Waals surface area contributed by atoms with Crippen LogP contribution in [0.2, 0.25) is 5.02 Å². The molecule has 4 rings (SSSR count). The Balaban J connectivity index is 1.70. The van der Waals surface area contributed by atoms with Gasteiger partial charge in [-0.2, -0.15) is 0 Å². The predicted octanol–water partition coefficient (Wildman–Crippen LogP) is 5.87. The van der Waals surface area contributed by atoms with E-state index in [0.717, 1.165) is 16.8 Å². The summed E-state index contributed by atoms with van der Waals surface area (Å²) in [7, 11) is 0. The Labute approximate surface area is 178 Å². The number of benzene rings is 3. The maximum Gasteiger partial charge on any atom is 0.196 e. The molecule has 0 radical (unpaired) electrons. The van der Waals surface area contributed by atoms with Crippen molar-refractivity contribution in [2.45, 2.75) is 12.1 Å². The number of rotatable bonds is 6. The van der Waals surface area contributed by atoms with Crippen LogP contribution in [0.1, 0.15) is 15.9 Å². The van der Waals surface area contributed by atoms with Gasteiger partial charge in [-0.3, -0.25) is 9.36 Å². The molecule has 3 aromatic carbocycles. The molecule has 0 atom stereocenters. The van der Waals surface area contributed by atoms with E-state index < -0.39 is 0 Å². The minimum Gasteiger partial charge on any atom is -0.293 e. The van der Waals surface area contributed by atoms with Gasteiger partial charge in [0.25, 0.3) is 0 Å². The van der Waals surface area contributed by atoms with Crippen molar-refractivity contribution in [2.24, 2.45) is 0 Å². The first-order valence-electron chi connectivity index (χ1n) is 9.11. The molecule has 0 bridgehead atoms. The Hall–Kier alpha value is -2.89. The average molecular weight is 420 g/mol. The molecule has 29 heavy (non-hydrogen) atoms. The molecule has 0 saturated carbocycles. The zero-order valence-electron chi connectivity index (χ0n) is 15.7. The second-order valence-corrected chi connectivity index (χ2v) is 7.94. The highest BCUT2D eigenvalue weighted by Crippen LogP contribution is 2.29. The van der Waals surface area contributed by atoms with E-state index >= 15 is 0 Å². The smallest absolute Gasteiger partial charge is 0.196 e. The molecule has 144 valence electrons. The molecule has 0 N–H and O–H groups in total. The maximum atomic E-state index is 12.5. The minimum absolute atomic E-state index is 0.0578.